The van der Waals surface area contributed by atoms with Crippen molar-refractivity contribution >= 4 is 11.8 Å². The number of nitrogens with zero attached hydrogens (tertiary/aromatic N) is 2. The molecule has 1 aliphatic heterocycles. The Hall–Kier alpha value is -2.11. The zero-order valence-corrected chi connectivity index (χ0v) is 12.7. The van der Waals surface area contributed by atoms with Gasteiger partial charge in [-0.3, -0.25) is 9.59 Å². The van der Waals surface area contributed by atoms with E-state index >= 15 is 0 Å². The van der Waals surface area contributed by atoms with Gasteiger partial charge in [0.2, 0.25) is 17.7 Å². The minimum Gasteiger partial charge on any atom is -0.481 e. The number of amides is 2. The normalized spacial score (nSPS) is 17.6. The molecular weight excluding hydrogens is 270 g/mol. The molecule has 0 aromatic carbocycles. The number of carbonyl (C=O) groups is 2. The first-order valence-electron chi connectivity index (χ1n) is 7.14. The molecule has 6 heteroatoms. The van der Waals surface area contributed by atoms with E-state index in [0.29, 0.717) is 25.3 Å². The van der Waals surface area contributed by atoms with Gasteiger partial charge >= 0.3 is 0 Å². The summed E-state index contributed by atoms with van der Waals surface area (Å²) in [5.74, 6) is 0.389. The molecule has 0 saturated carbocycles. The van der Waals surface area contributed by atoms with Gasteiger partial charge < -0.3 is 15.0 Å². The summed E-state index contributed by atoms with van der Waals surface area (Å²) in [5.41, 5.74) is 0.106. The van der Waals surface area contributed by atoms with Crippen LogP contribution < -0.4 is 10.1 Å². The summed E-state index contributed by atoms with van der Waals surface area (Å²) in [6.45, 7) is 4.30. The Kier molecular flexibility index (Phi) is 4.45. The van der Waals surface area contributed by atoms with Crippen LogP contribution >= 0.6 is 0 Å². The Labute approximate surface area is 124 Å². The van der Waals surface area contributed by atoms with Gasteiger partial charge in [0.1, 0.15) is 5.54 Å². The predicted molar refractivity (Wildman–Crippen MR) is 77.7 cm³/mol. The lowest BCUT2D eigenvalue weighted by Gasteiger charge is -2.41. The van der Waals surface area contributed by atoms with Crippen molar-refractivity contribution in [1.29, 1.82) is 0 Å². The van der Waals surface area contributed by atoms with E-state index in [1.807, 2.05) is 19.9 Å². The first kappa shape index (κ1) is 15.3. The molecule has 114 valence electrons. The number of nitrogens with one attached hydrogen (secondary N) is 1. The number of hydrogen-bond donors (Lipinski definition) is 1. The maximum absolute atomic E-state index is 12.6. The monoisotopic (exact) mass is 291 g/mol. The zero-order valence-electron chi connectivity index (χ0n) is 12.7. The van der Waals surface area contributed by atoms with Crippen molar-refractivity contribution in [3.05, 3.63) is 23.9 Å². The molecule has 0 radical (unpaired) electrons. The van der Waals surface area contributed by atoms with Crippen LogP contribution in [-0.2, 0) is 16.1 Å². The molecular formula is C15H21N3O3. The largest absolute Gasteiger partial charge is 0.481 e. The second-order valence-corrected chi connectivity index (χ2v) is 5.21. The van der Waals surface area contributed by atoms with E-state index in [-0.39, 0.29) is 18.4 Å². The third-order valence-electron chi connectivity index (χ3n) is 4.00. The Morgan fingerprint density at radius 2 is 2.05 bits per heavy atom. The van der Waals surface area contributed by atoms with E-state index in [1.165, 1.54) is 0 Å². The van der Waals surface area contributed by atoms with Gasteiger partial charge in [-0.25, -0.2) is 4.98 Å². The first-order valence-corrected chi connectivity index (χ1v) is 7.14. The standard InChI is InChI=1S/C15H21N3O3/c1-4-15(5-2)14(20)18(10-12(19)17-15)9-11-6-7-13(21-3)16-8-11/h6-8H,4-5,9-10H2,1-3H3,(H,17,19). The van der Waals surface area contributed by atoms with Crippen molar-refractivity contribution in [2.75, 3.05) is 13.7 Å². The summed E-state index contributed by atoms with van der Waals surface area (Å²) in [4.78, 5) is 30.3. The highest BCUT2D eigenvalue weighted by molar-refractivity contribution is 5.97. The molecule has 0 atom stereocenters. The molecule has 1 N–H and O–H groups in total. The minimum absolute atomic E-state index is 0.0251. The van der Waals surface area contributed by atoms with Gasteiger partial charge in [0.25, 0.3) is 0 Å². The SMILES string of the molecule is CCC1(CC)NC(=O)CN(Cc2ccc(OC)nc2)C1=O. The average molecular weight is 291 g/mol. The summed E-state index contributed by atoms with van der Waals surface area (Å²) in [7, 11) is 1.55. The zero-order chi connectivity index (χ0) is 15.5. The number of ether oxygens (including phenoxy) is 1. The molecule has 21 heavy (non-hydrogen) atoms. The van der Waals surface area contributed by atoms with Crippen molar-refractivity contribution in [2.45, 2.75) is 38.8 Å². The Morgan fingerprint density at radius 3 is 2.57 bits per heavy atom. The Morgan fingerprint density at radius 1 is 1.33 bits per heavy atom. The van der Waals surface area contributed by atoms with E-state index < -0.39 is 5.54 Å². The molecule has 1 aromatic rings. The summed E-state index contributed by atoms with van der Waals surface area (Å²) >= 11 is 0. The molecule has 1 aromatic heterocycles. The van der Waals surface area contributed by atoms with Crippen LogP contribution in [0, 0.1) is 0 Å². The van der Waals surface area contributed by atoms with E-state index in [1.54, 1.807) is 24.3 Å². The van der Waals surface area contributed by atoms with Crippen LogP contribution in [0.1, 0.15) is 32.3 Å². The van der Waals surface area contributed by atoms with Crippen LogP contribution in [0.2, 0.25) is 0 Å². The molecule has 6 nitrogen and oxygen atoms in total. The lowest BCUT2D eigenvalue weighted by atomic mass is 9.89. The fraction of sp³-hybridized carbons (Fsp3) is 0.533. The highest BCUT2D eigenvalue weighted by Gasteiger charge is 2.43. The molecule has 0 unspecified atom stereocenters. The first-order chi connectivity index (χ1) is 10.0. The summed E-state index contributed by atoms with van der Waals surface area (Å²) in [6, 6.07) is 3.60. The van der Waals surface area contributed by atoms with Crippen LogP contribution in [0.15, 0.2) is 18.3 Å². The quantitative estimate of drug-likeness (QED) is 0.882. The molecule has 0 spiro atoms. The maximum atomic E-state index is 12.6. The number of hydrogen-bond acceptors (Lipinski definition) is 4. The van der Waals surface area contributed by atoms with Gasteiger partial charge in [0.05, 0.1) is 13.7 Å². The van der Waals surface area contributed by atoms with E-state index in [2.05, 4.69) is 10.3 Å². The number of piperazine rings is 1. The minimum atomic E-state index is -0.769. The fourth-order valence-corrected chi connectivity index (χ4v) is 2.61. The van der Waals surface area contributed by atoms with Crippen molar-refractivity contribution in [3.63, 3.8) is 0 Å². The van der Waals surface area contributed by atoms with Crippen LogP contribution in [0.3, 0.4) is 0 Å². The van der Waals surface area contributed by atoms with E-state index in [4.69, 9.17) is 4.74 Å². The fourth-order valence-electron chi connectivity index (χ4n) is 2.61. The third kappa shape index (κ3) is 2.99. The number of pyridine rings is 1. The molecule has 0 bridgehead atoms. The van der Waals surface area contributed by atoms with Crippen LogP contribution in [0.4, 0.5) is 0 Å². The number of aromatic nitrogens is 1. The van der Waals surface area contributed by atoms with Gasteiger partial charge in [0.15, 0.2) is 0 Å². The second kappa shape index (κ2) is 6.11. The lowest BCUT2D eigenvalue weighted by molar-refractivity contribution is -0.151. The smallest absolute Gasteiger partial charge is 0.249 e. The van der Waals surface area contributed by atoms with E-state index in [9.17, 15) is 9.59 Å². The molecule has 2 heterocycles. The molecule has 2 amide bonds. The van der Waals surface area contributed by atoms with Gasteiger partial charge in [-0.05, 0) is 18.4 Å². The highest BCUT2D eigenvalue weighted by Crippen LogP contribution is 2.23. The van der Waals surface area contributed by atoms with Crippen LogP contribution in [0.5, 0.6) is 5.88 Å². The lowest BCUT2D eigenvalue weighted by Crippen LogP contribution is -2.65. The van der Waals surface area contributed by atoms with Gasteiger partial charge in [-0.1, -0.05) is 19.9 Å². The van der Waals surface area contributed by atoms with Crippen molar-refractivity contribution in [2.24, 2.45) is 0 Å². The van der Waals surface area contributed by atoms with Crippen molar-refractivity contribution < 1.29 is 14.3 Å². The van der Waals surface area contributed by atoms with Crippen LogP contribution in [0.25, 0.3) is 0 Å². The number of methoxy groups -OCH3 is 1. The molecule has 0 aliphatic carbocycles. The summed E-state index contributed by atoms with van der Waals surface area (Å²) < 4.78 is 5.01. The highest BCUT2D eigenvalue weighted by atomic mass is 16.5. The molecule has 2 rings (SSSR count). The molecule has 1 saturated heterocycles. The third-order valence-corrected chi connectivity index (χ3v) is 4.00. The van der Waals surface area contributed by atoms with Gasteiger partial charge in [-0.2, -0.15) is 0 Å². The average Bonchev–Trinajstić information content (AvgIpc) is 2.51. The topological polar surface area (TPSA) is 71.5 Å². The Balaban J connectivity index is 2.17. The molecule has 1 aliphatic rings. The number of carbonyl (C=O) groups excluding carboxylic acids is 2. The van der Waals surface area contributed by atoms with Gasteiger partial charge in [0, 0.05) is 18.8 Å². The Bertz CT molecular complexity index is 523. The van der Waals surface area contributed by atoms with Crippen LogP contribution in [-0.4, -0.2) is 40.9 Å². The predicted octanol–water partition coefficient (Wildman–Crippen LogP) is 1.11. The van der Waals surface area contributed by atoms with Crippen molar-refractivity contribution in [3.8, 4) is 5.88 Å². The maximum Gasteiger partial charge on any atom is 0.249 e. The van der Waals surface area contributed by atoms with Gasteiger partial charge in [-0.15, -0.1) is 0 Å². The number of rotatable bonds is 5. The summed E-state index contributed by atoms with van der Waals surface area (Å²) in [6.07, 6.45) is 2.84. The second-order valence-electron chi connectivity index (χ2n) is 5.21. The van der Waals surface area contributed by atoms with Crippen molar-refractivity contribution in [1.82, 2.24) is 15.2 Å². The summed E-state index contributed by atoms with van der Waals surface area (Å²) in [5, 5.41) is 2.85. The van der Waals surface area contributed by atoms with E-state index in [0.717, 1.165) is 5.56 Å². The molecule has 1 fully saturated rings.